The van der Waals surface area contributed by atoms with Crippen molar-refractivity contribution in [3.05, 3.63) is 36.0 Å². The number of hydrogen-bond donors (Lipinski definition) is 8. The third kappa shape index (κ3) is 8.12. The topological polar surface area (TPSA) is 241 Å². The number of carboxylic acids is 3. The Morgan fingerprint density at radius 3 is 2.17 bits per heavy atom. The lowest BCUT2D eigenvalue weighted by molar-refractivity contribution is -0.147. The van der Waals surface area contributed by atoms with Gasteiger partial charge in [-0.3, -0.25) is 24.0 Å². The first-order valence-electron chi connectivity index (χ1n) is 10.3. The van der Waals surface area contributed by atoms with Gasteiger partial charge < -0.3 is 42.0 Å². The zero-order chi connectivity index (χ0) is 26.1. The van der Waals surface area contributed by atoms with Crippen LogP contribution in [0.15, 0.2) is 30.5 Å². The Hall–Kier alpha value is -4.46. The molecule has 0 saturated carbocycles. The second-order valence-corrected chi connectivity index (χ2v) is 7.60. The van der Waals surface area contributed by atoms with Crippen LogP contribution in [0.4, 0.5) is 0 Å². The van der Waals surface area contributed by atoms with E-state index in [0.29, 0.717) is 5.56 Å². The van der Waals surface area contributed by atoms with Gasteiger partial charge in [0.1, 0.15) is 12.1 Å². The van der Waals surface area contributed by atoms with Gasteiger partial charge in [0, 0.05) is 23.5 Å². The van der Waals surface area contributed by atoms with E-state index in [1.807, 2.05) is 0 Å². The summed E-state index contributed by atoms with van der Waals surface area (Å²) in [5.41, 5.74) is 6.79. The molecule has 188 valence electrons. The number of carbonyl (C=O) groups excluding carboxylic acids is 3. The van der Waals surface area contributed by atoms with Crippen LogP contribution in [0.5, 0.6) is 0 Å². The molecule has 3 amide bonds. The summed E-state index contributed by atoms with van der Waals surface area (Å²) in [5, 5.41) is 34.2. The van der Waals surface area contributed by atoms with Crippen LogP contribution in [-0.4, -0.2) is 80.6 Å². The molecule has 9 N–H and O–H groups in total. The number of aliphatic carboxylic acids is 3. The van der Waals surface area contributed by atoms with E-state index in [-0.39, 0.29) is 6.42 Å². The molecule has 0 saturated heterocycles. The fourth-order valence-corrected chi connectivity index (χ4v) is 3.20. The summed E-state index contributed by atoms with van der Waals surface area (Å²) in [6.07, 6.45) is -0.0191. The molecule has 2 aromatic rings. The maximum Gasteiger partial charge on any atom is 0.326 e. The molecule has 35 heavy (non-hydrogen) atoms. The summed E-state index contributed by atoms with van der Waals surface area (Å²) in [6, 6.07) is 2.64. The molecule has 0 aliphatic carbocycles. The molecule has 14 nitrogen and oxygen atoms in total. The van der Waals surface area contributed by atoms with E-state index in [9.17, 15) is 33.9 Å². The van der Waals surface area contributed by atoms with Crippen LogP contribution >= 0.6 is 0 Å². The lowest BCUT2D eigenvalue weighted by Gasteiger charge is -2.21. The molecule has 0 aliphatic heterocycles. The van der Waals surface area contributed by atoms with E-state index in [2.05, 4.69) is 20.9 Å². The van der Waals surface area contributed by atoms with Crippen molar-refractivity contribution in [1.29, 1.82) is 0 Å². The maximum absolute atomic E-state index is 12.8. The number of para-hydroxylation sites is 1. The fourth-order valence-electron chi connectivity index (χ4n) is 3.20. The summed E-state index contributed by atoms with van der Waals surface area (Å²) in [6.45, 7) is -0.638. The van der Waals surface area contributed by atoms with Crippen LogP contribution < -0.4 is 21.7 Å². The van der Waals surface area contributed by atoms with Gasteiger partial charge in [-0.15, -0.1) is 0 Å². The van der Waals surface area contributed by atoms with Crippen LogP contribution in [0.25, 0.3) is 10.9 Å². The van der Waals surface area contributed by atoms with Gasteiger partial charge in [0.2, 0.25) is 17.7 Å². The fraction of sp³-hybridized carbons (Fsp3) is 0.333. The number of H-pyrrole nitrogens is 1. The molecule has 2 rings (SSSR count). The first-order chi connectivity index (χ1) is 16.5. The van der Waals surface area contributed by atoms with Crippen molar-refractivity contribution in [3.8, 4) is 0 Å². The van der Waals surface area contributed by atoms with Crippen molar-refractivity contribution >= 4 is 46.5 Å². The molecule has 0 aliphatic rings. The van der Waals surface area contributed by atoms with E-state index in [0.717, 1.165) is 10.9 Å². The van der Waals surface area contributed by atoms with Gasteiger partial charge in [0.05, 0.1) is 25.4 Å². The van der Waals surface area contributed by atoms with Crippen LogP contribution in [0.2, 0.25) is 0 Å². The number of rotatable bonds is 13. The number of nitrogens with one attached hydrogen (secondary N) is 4. The van der Waals surface area contributed by atoms with Gasteiger partial charge in [-0.1, -0.05) is 18.2 Å². The average molecular weight is 491 g/mol. The van der Waals surface area contributed by atoms with Gasteiger partial charge in [0.15, 0.2) is 0 Å². The Labute approximate surface area is 197 Å². The first kappa shape index (κ1) is 26.8. The van der Waals surface area contributed by atoms with Gasteiger partial charge >= 0.3 is 17.9 Å². The summed E-state index contributed by atoms with van der Waals surface area (Å²) in [4.78, 5) is 73.1. The minimum Gasteiger partial charge on any atom is -0.481 e. The molecule has 3 unspecified atom stereocenters. The minimum absolute atomic E-state index is 0.0898. The number of amides is 3. The monoisotopic (exact) mass is 491 g/mol. The van der Waals surface area contributed by atoms with Crippen LogP contribution in [0.3, 0.4) is 0 Å². The lowest BCUT2D eigenvalue weighted by Crippen LogP contribution is -2.54. The van der Waals surface area contributed by atoms with Gasteiger partial charge in [0.25, 0.3) is 0 Å². The van der Waals surface area contributed by atoms with Crippen molar-refractivity contribution in [2.24, 2.45) is 5.73 Å². The Kier molecular flexibility index (Phi) is 9.28. The molecule has 0 bridgehead atoms. The minimum atomic E-state index is -1.74. The van der Waals surface area contributed by atoms with E-state index in [1.165, 1.54) is 0 Å². The van der Waals surface area contributed by atoms with Crippen molar-refractivity contribution in [2.75, 3.05) is 6.54 Å². The lowest BCUT2D eigenvalue weighted by atomic mass is 10.0. The standard InChI is InChI=1S/C21H25N5O9/c22-12(6-17(28)29)19(32)24-9-16(27)25-14(20(33)26-15(21(34)35)7-18(30)31)5-10-8-23-13-4-2-1-3-11(10)13/h1-4,8,12,14-15,23H,5-7,9,22H2,(H,24,32)(H,25,27)(H,26,33)(H,28,29)(H,30,31)(H,34,35). The molecular formula is C21H25N5O9. The van der Waals surface area contributed by atoms with Gasteiger partial charge in [-0.25, -0.2) is 4.79 Å². The second kappa shape index (κ2) is 12.1. The zero-order valence-corrected chi connectivity index (χ0v) is 18.3. The highest BCUT2D eigenvalue weighted by Gasteiger charge is 2.29. The SMILES string of the molecule is NC(CC(=O)O)C(=O)NCC(=O)NC(Cc1c[nH]c2ccccc12)C(=O)NC(CC(=O)O)C(=O)O. The summed E-state index contributed by atoms with van der Waals surface area (Å²) >= 11 is 0. The third-order valence-corrected chi connectivity index (χ3v) is 4.90. The highest BCUT2D eigenvalue weighted by atomic mass is 16.4. The highest BCUT2D eigenvalue weighted by Crippen LogP contribution is 2.19. The van der Waals surface area contributed by atoms with Crippen molar-refractivity contribution in [3.63, 3.8) is 0 Å². The molecule has 0 radical (unpaired) electrons. The number of benzene rings is 1. The highest BCUT2D eigenvalue weighted by molar-refractivity contribution is 5.94. The quantitative estimate of drug-likeness (QED) is 0.156. The third-order valence-electron chi connectivity index (χ3n) is 4.90. The number of aromatic amines is 1. The van der Waals surface area contributed by atoms with E-state index >= 15 is 0 Å². The summed E-state index contributed by atoms with van der Waals surface area (Å²) in [7, 11) is 0. The molecule has 14 heteroatoms. The Balaban J connectivity index is 2.16. The van der Waals surface area contributed by atoms with Crippen LogP contribution in [0, 0.1) is 0 Å². The van der Waals surface area contributed by atoms with Crippen molar-refractivity contribution < 1.29 is 44.1 Å². The second-order valence-electron chi connectivity index (χ2n) is 7.60. The Morgan fingerprint density at radius 1 is 0.886 bits per heavy atom. The molecule has 0 spiro atoms. The van der Waals surface area contributed by atoms with Crippen molar-refractivity contribution in [1.82, 2.24) is 20.9 Å². The number of carboxylic acid groups (broad SMARTS) is 3. The van der Waals surface area contributed by atoms with E-state index in [1.54, 1.807) is 30.5 Å². The number of fused-ring (bicyclic) bond motifs is 1. The molecular weight excluding hydrogens is 466 g/mol. The Bertz CT molecular complexity index is 1130. The predicted octanol–water partition coefficient (Wildman–Crippen LogP) is -1.84. The van der Waals surface area contributed by atoms with E-state index in [4.69, 9.17) is 15.9 Å². The maximum atomic E-state index is 12.8. The normalized spacial score (nSPS) is 13.3. The van der Waals surface area contributed by atoms with Crippen LogP contribution in [-0.2, 0) is 35.2 Å². The first-order valence-corrected chi connectivity index (χ1v) is 10.3. The van der Waals surface area contributed by atoms with E-state index < -0.39 is 73.1 Å². The summed E-state index contributed by atoms with van der Waals surface area (Å²) in [5.74, 6) is -7.01. The van der Waals surface area contributed by atoms with Crippen molar-refractivity contribution in [2.45, 2.75) is 37.4 Å². The van der Waals surface area contributed by atoms with Crippen LogP contribution in [0.1, 0.15) is 18.4 Å². The molecule has 3 atom stereocenters. The molecule has 1 heterocycles. The van der Waals surface area contributed by atoms with Gasteiger partial charge in [-0.2, -0.15) is 0 Å². The zero-order valence-electron chi connectivity index (χ0n) is 18.3. The summed E-state index contributed by atoms with van der Waals surface area (Å²) < 4.78 is 0. The predicted molar refractivity (Wildman–Crippen MR) is 119 cm³/mol. The molecule has 1 aromatic heterocycles. The number of nitrogens with two attached hydrogens (primary N) is 1. The van der Waals surface area contributed by atoms with Gasteiger partial charge in [-0.05, 0) is 11.6 Å². The Morgan fingerprint density at radius 2 is 1.54 bits per heavy atom. The average Bonchev–Trinajstić information content (AvgIpc) is 3.18. The number of carbonyl (C=O) groups is 6. The smallest absolute Gasteiger partial charge is 0.326 e. The number of aromatic nitrogens is 1. The molecule has 0 fully saturated rings. The molecule has 1 aromatic carbocycles. The number of hydrogen-bond acceptors (Lipinski definition) is 7. The largest absolute Gasteiger partial charge is 0.481 e.